The summed E-state index contributed by atoms with van der Waals surface area (Å²) in [5.74, 6) is 0.859. The molecule has 0 unspecified atom stereocenters. The number of carbonyl (C=O) groups is 3. The molecule has 0 aliphatic heterocycles. The van der Waals surface area contributed by atoms with Crippen LogP contribution in [-0.2, 0) is 54.5 Å². The molecule has 0 amide bonds. The van der Waals surface area contributed by atoms with Crippen LogP contribution in [0.1, 0.15) is 87.0 Å². The van der Waals surface area contributed by atoms with Crippen LogP contribution in [0.3, 0.4) is 0 Å². The molecule has 8 rings (SSSR count). The van der Waals surface area contributed by atoms with Gasteiger partial charge >= 0.3 is 25.7 Å². The Bertz CT molecular complexity index is 3670. The first-order chi connectivity index (χ1) is 41.0. The third-order valence-corrected chi connectivity index (χ3v) is 13.7. The van der Waals surface area contributed by atoms with E-state index in [0.29, 0.717) is 108 Å². The SMILES string of the molecule is CCCCCCc1ccc(/C=C/c2ccnc(/C([NH-])=C/C(=N)C(F)(F)F)c2)s1.O=CO/C(=C/c1ccnc(-c2cc(/C=C(/OC=O)c3ccc(Cl)cc3)cc(-c3cc(/C=C(/OC=O)c4ccc(Cl)cc4)ccn3)n2)c1)c1ccc(Cl)cc1.[N-]=C=S.[Ru+2]. The minimum Gasteiger partial charge on any atom is -0.753 e. The zero-order chi connectivity index (χ0) is 61.1. The Labute approximate surface area is 531 Å². The summed E-state index contributed by atoms with van der Waals surface area (Å²) >= 11 is 23.7. The molecule has 0 atom stereocenters. The Balaban J connectivity index is 0.000000355. The molecule has 86 heavy (non-hydrogen) atoms. The number of thiocarbonyl (C=S) groups is 1. The van der Waals surface area contributed by atoms with Crippen LogP contribution in [-0.4, -0.2) is 56.4 Å². The number of hydrogen-bond donors (Lipinski definition) is 1. The van der Waals surface area contributed by atoms with Gasteiger partial charge in [0.05, 0.1) is 22.8 Å². The van der Waals surface area contributed by atoms with E-state index in [1.807, 2.05) is 12.2 Å². The number of thiophene rings is 1. The molecular weight excluding hydrogens is 1290 g/mol. The predicted octanol–water partition coefficient (Wildman–Crippen LogP) is 18.2. The van der Waals surface area contributed by atoms with Crippen molar-refractivity contribution in [1.82, 2.24) is 19.9 Å². The maximum atomic E-state index is 12.4. The van der Waals surface area contributed by atoms with E-state index in [0.717, 1.165) is 16.9 Å². The summed E-state index contributed by atoms with van der Waals surface area (Å²) in [6.45, 7) is 3.24. The molecule has 5 aromatic heterocycles. The maximum Gasteiger partial charge on any atom is 2.00 e. The Morgan fingerprint density at radius 2 is 1.05 bits per heavy atom. The number of halogens is 6. The van der Waals surface area contributed by atoms with Crippen molar-refractivity contribution in [2.24, 2.45) is 0 Å². The van der Waals surface area contributed by atoms with Crippen molar-refractivity contribution in [3.05, 3.63) is 239 Å². The summed E-state index contributed by atoms with van der Waals surface area (Å²) in [6, 6.07) is 38.7. The van der Waals surface area contributed by atoms with Crippen molar-refractivity contribution in [1.29, 1.82) is 5.41 Å². The van der Waals surface area contributed by atoms with Crippen LogP contribution in [0.25, 0.3) is 87.3 Å². The fourth-order valence-electron chi connectivity index (χ4n) is 7.78. The number of rotatable bonds is 23. The first kappa shape index (κ1) is 68.4. The molecule has 2 N–H and O–H groups in total. The van der Waals surface area contributed by atoms with Crippen molar-refractivity contribution in [2.45, 2.75) is 45.2 Å². The van der Waals surface area contributed by atoms with E-state index in [4.69, 9.17) is 70.5 Å². The van der Waals surface area contributed by atoms with Crippen LogP contribution in [0.2, 0.25) is 15.1 Å². The third-order valence-electron chi connectivity index (χ3n) is 11.8. The van der Waals surface area contributed by atoms with E-state index in [2.05, 4.69) is 46.2 Å². The number of benzene rings is 3. The van der Waals surface area contributed by atoms with E-state index in [1.165, 1.54) is 48.0 Å². The minimum absolute atomic E-state index is 0. The fourth-order valence-corrected chi connectivity index (χ4v) is 9.12. The van der Waals surface area contributed by atoms with Gasteiger partial charge in [-0.05, 0) is 199 Å². The molecule has 0 radical (unpaired) electrons. The molecule has 0 bridgehead atoms. The molecule has 0 spiro atoms. The molecule has 0 saturated carbocycles. The molecule has 0 saturated heterocycles. The van der Waals surface area contributed by atoms with Gasteiger partial charge in [-0.3, -0.25) is 34.7 Å². The summed E-state index contributed by atoms with van der Waals surface area (Å²) in [5.41, 5.74) is 12.3. The van der Waals surface area contributed by atoms with Gasteiger partial charge in [-0.1, -0.05) is 79.3 Å². The van der Waals surface area contributed by atoms with Crippen LogP contribution >= 0.6 is 58.4 Å². The standard InChI is InChI=1S/C42H26Cl3N3O6.C21H23F3N3S.CNS.Ru/c43-33-7-1-30(2-8-33)40(52-24-49)21-27-13-15-46-36(17-27)38-19-29(23-42(54-26-51)32-5-11-35(45)12-6-32)20-39(48-38)37-18-28(14-16-47-37)22-41(53-25-50)31-3-9-34(44)10-4-31;1-2-3-4-5-6-16-9-10-17(28-16)8-7-15-11-12-27-19(13-15)18(25)14-20(26)21(22,23)24;2-1-3;/h1-26H;7-14,25-26H,2-6H2,1H3;;/q;2*-1;+2/b40-21+,41-22+,42-23+;8-7+,18-14-,26-20?;;. The Morgan fingerprint density at radius 3 is 1.49 bits per heavy atom. The summed E-state index contributed by atoms with van der Waals surface area (Å²) in [5, 5.41) is 17.0. The van der Waals surface area contributed by atoms with Crippen molar-refractivity contribution in [3.63, 3.8) is 0 Å². The van der Waals surface area contributed by atoms with Crippen LogP contribution in [0.15, 0.2) is 158 Å². The van der Waals surface area contributed by atoms with Crippen molar-refractivity contribution in [3.8, 4) is 22.8 Å². The van der Waals surface area contributed by atoms with Crippen LogP contribution in [0.5, 0.6) is 0 Å². The van der Waals surface area contributed by atoms with Gasteiger partial charge in [0.1, 0.15) is 23.0 Å². The number of pyridine rings is 4. The average Bonchev–Trinajstić information content (AvgIpc) is 4.02. The number of nitrogens with zero attached hydrogens (tertiary/aromatic N) is 5. The summed E-state index contributed by atoms with van der Waals surface area (Å²) in [7, 11) is 0. The fraction of sp³-hybridized carbons (Fsp3) is 0.109. The maximum absolute atomic E-state index is 12.4. The molecule has 3 aromatic carbocycles. The monoisotopic (exact) mass is 1340 g/mol. The topological polar surface area (TPSA) is 200 Å². The number of hydrogen-bond acceptors (Lipinski definition) is 13. The van der Waals surface area contributed by atoms with Gasteiger partial charge in [-0.25, -0.2) is 4.98 Å². The van der Waals surface area contributed by atoms with Gasteiger partial charge in [0, 0.05) is 65.8 Å². The Morgan fingerprint density at radius 1 is 0.616 bits per heavy atom. The van der Waals surface area contributed by atoms with Crippen LogP contribution in [0.4, 0.5) is 13.2 Å². The largest absolute Gasteiger partial charge is 2.00 e. The normalized spacial score (nSPS) is 11.6. The molecule has 22 heteroatoms. The molecule has 5 heterocycles. The quantitative estimate of drug-likeness (QED) is 0.0121. The average molecular weight is 1340 g/mol. The van der Waals surface area contributed by atoms with E-state index in [1.54, 1.807) is 157 Å². The van der Waals surface area contributed by atoms with E-state index < -0.39 is 17.6 Å². The molecule has 0 fully saturated rings. The van der Waals surface area contributed by atoms with E-state index in [-0.39, 0.29) is 30.9 Å². The van der Waals surface area contributed by atoms with Gasteiger partial charge < -0.3 is 25.4 Å². The Kier molecular flexibility index (Phi) is 28.0. The third kappa shape index (κ3) is 21.9. The van der Waals surface area contributed by atoms with Crippen LogP contribution < -0.4 is 0 Å². The van der Waals surface area contributed by atoms with Gasteiger partial charge in [0.25, 0.3) is 19.4 Å². The van der Waals surface area contributed by atoms with Crippen molar-refractivity contribution >= 4 is 142 Å². The zero-order valence-corrected chi connectivity index (χ0v) is 50.9. The zero-order valence-electron chi connectivity index (χ0n) is 45.3. The van der Waals surface area contributed by atoms with Gasteiger partial charge in [-0.15, -0.1) is 17.0 Å². The number of ether oxygens (including phenoxy) is 3. The van der Waals surface area contributed by atoms with Crippen LogP contribution in [0, 0.1) is 5.41 Å². The number of aromatic nitrogens is 4. The summed E-state index contributed by atoms with van der Waals surface area (Å²) in [6.07, 6.45) is 15.2. The second-order valence-electron chi connectivity index (χ2n) is 17.8. The summed E-state index contributed by atoms with van der Waals surface area (Å²) < 4.78 is 53.4. The Hall–Kier alpha value is -8.38. The van der Waals surface area contributed by atoms with E-state index in [9.17, 15) is 27.6 Å². The predicted molar refractivity (Wildman–Crippen MR) is 337 cm³/mol. The second-order valence-corrected chi connectivity index (χ2v) is 20.5. The minimum atomic E-state index is -4.77. The molecular formula is C64H49Cl3F3N7O6RuS2. The van der Waals surface area contributed by atoms with E-state index >= 15 is 0 Å². The molecule has 13 nitrogen and oxygen atoms in total. The number of nitrogens with one attached hydrogen (secondary N) is 2. The molecule has 0 aliphatic rings. The molecule has 8 aromatic rings. The van der Waals surface area contributed by atoms with Gasteiger partial charge in [0.15, 0.2) is 0 Å². The first-order valence-electron chi connectivity index (χ1n) is 25.5. The number of alkyl halides is 3. The van der Waals surface area contributed by atoms with Gasteiger partial charge in [-0.2, -0.15) is 18.3 Å². The van der Waals surface area contributed by atoms with Gasteiger partial charge in [0.2, 0.25) is 0 Å². The number of unbranched alkanes of at least 4 members (excludes halogenated alkanes) is 3. The smallest absolute Gasteiger partial charge is 0.753 e. The number of isothiocyanates is 1. The number of aryl methyl sites for hydroxylation is 1. The second kappa shape index (κ2) is 35.2. The first-order valence-corrected chi connectivity index (χ1v) is 27.9. The number of carbonyl (C=O) groups excluding carboxylic acids is 3. The molecule has 0 aliphatic carbocycles. The van der Waals surface area contributed by atoms with Crippen molar-refractivity contribution < 1.29 is 61.2 Å². The molecule has 438 valence electrons. The number of allylic oxidation sites excluding steroid dienone is 1. The summed E-state index contributed by atoms with van der Waals surface area (Å²) in [4.78, 5) is 54.9. The van der Waals surface area contributed by atoms with Crippen molar-refractivity contribution in [2.75, 3.05) is 0 Å².